The van der Waals surface area contributed by atoms with Crippen molar-refractivity contribution in [1.82, 2.24) is 0 Å². The second kappa shape index (κ2) is 7.25. The number of hydrogen-bond acceptors (Lipinski definition) is 5. The summed E-state index contributed by atoms with van der Waals surface area (Å²) in [6, 6.07) is 0. The molecular formula is C13H19NO4S. The van der Waals surface area contributed by atoms with Gasteiger partial charge in [-0.3, -0.25) is 4.79 Å². The number of aryl methyl sites for hydroxylation is 1. The van der Waals surface area contributed by atoms with Gasteiger partial charge < -0.3 is 14.8 Å². The van der Waals surface area contributed by atoms with E-state index in [9.17, 15) is 9.59 Å². The van der Waals surface area contributed by atoms with E-state index in [1.807, 2.05) is 13.8 Å². The average Bonchev–Trinajstić information content (AvgIpc) is 2.62. The average molecular weight is 285 g/mol. The number of thiophene rings is 1. The van der Waals surface area contributed by atoms with Crippen molar-refractivity contribution in [3.8, 4) is 0 Å². The van der Waals surface area contributed by atoms with Crippen LogP contribution >= 0.6 is 11.3 Å². The molecule has 5 nitrogen and oxygen atoms in total. The molecule has 0 aliphatic rings. The fourth-order valence-corrected chi connectivity index (χ4v) is 2.61. The van der Waals surface area contributed by atoms with Gasteiger partial charge in [-0.1, -0.05) is 0 Å². The van der Waals surface area contributed by atoms with Crippen molar-refractivity contribution in [2.45, 2.75) is 27.2 Å². The van der Waals surface area contributed by atoms with Crippen LogP contribution in [-0.4, -0.2) is 32.2 Å². The topological polar surface area (TPSA) is 64.6 Å². The molecule has 0 saturated carbocycles. The van der Waals surface area contributed by atoms with Crippen molar-refractivity contribution in [2.24, 2.45) is 0 Å². The molecule has 0 aliphatic carbocycles. The first kappa shape index (κ1) is 15.7. The molecule has 6 heteroatoms. The highest BCUT2D eigenvalue weighted by atomic mass is 32.1. The maximum atomic E-state index is 11.9. The zero-order valence-corrected chi connectivity index (χ0v) is 12.5. The van der Waals surface area contributed by atoms with Crippen LogP contribution in [0.5, 0.6) is 0 Å². The minimum Gasteiger partial charge on any atom is -0.462 e. The minimum absolute atomic E-state index is 0.173. The van der Waals surface area contributed by atoms with Gasteiger partial charge in [0.15, 0.2) is 0 Å². The predicted octanol–water partition coefficient (Wildman–Crippen LogP) is 2.52. The SMILES string of the molecule is CCOC(=O)c1c(NC(=O)CCOC)sc(C)c1C. The Kier molecular flexibility index (Phi) is 5.98. The number of nitrogens with one attached hydrogen (secondary N) is 1. The number of rotatable bonds is 6. The van der Waals surface area contributed by atoms with Crippen LogP contribution < -0.4 is 5.32 Å². The Morgan fingerprint density at radius 3 is 2.58 bits per heavy atom. The van der Waals surface area contributed by atoms with E-state index in [1.54, 1.807) is 6.92 Å². The van der Waals surface area contributed by atoms with Crippen molar-refractivity contribution < 1.29 is 19.1 Å². The number of methoxy groups -OCH3 is 1. The number of esters is 1. The fourth-order valence-electron chi connectivity index (χ4n) is 1.55. The van der Waals surface area contributed by atoms with E-state index in [0.717, 1.165) is 10.4 Å². The molecule has 0 atom stereocenters. The molecule has 106 valence electrons. The van der Waals surface area contributed by atoms with Crippen LogP contribution in [0.2, 0.25) is 0 Å². The summed E-state index contributed by atoms with van der Waals surface area (Å²) in [6.45, 7) is 6.17. The van der Waals surface area contributed by atoms with Gasteiger partial charge in [-0.05, 0) is 26.3 Å². The molecule has 1 aromatic rings. The number of anilines is 1. The number of hydrogen-bond donors (Lipinski definition) is 1. The molecule has 1 rings (SSSR count). The largest absolute Gasteiger partial charge is 0.462 e. The van der Waals surface area contributed by atoms with Crippen molar-refractivity contribution in [3.05, 3.63) is 16.0 Å². The van der Waals surface area contributed by atoms with Crippen LogP contribution in [0.3, 0.4) is 0 Å². The molecule has 0 saturated heterocycles. The molecule has 1 N–H and O–H groups in total. The molecule has 0 aromatic carbocycles. The van der Waals surface area contributed by atoms with E-state index in [1.165, 1.54) is 18.4 Å². The number of carbonyl (C=O) groups excluding carboxylic acids is 2. The molecule has 1 heterocycles. The lowest BCUT2D eigenvalue weighted by molar-refractivity contribution is -0.117. The second-order valence-corrected chi connectivity index (χ2v) is 5.22. The van der Waals surface area contributed by atoms with Gasteiger partial charge in [0.05, 0.1) is 25.2 Å². The first-order valence-corrected chi connectivity index (χ1v) is 6.88. The van der Waals surface area contributed by atoms with Crippen LogP contribution in [0.1, 0.15) is 34.1 Å². The predicted molar refractivity (Wildman–Crippen MR) is 74.9 cm³/mol. The Morgan fingerprint density at radius 1 is 1.32 bits per heavy atom. The Labute approximate surface area is 116 Å². The summed E-state index contributed by atoms with van der Waals surface area (Å²) in [5.41, 5.74) is 1.31. The molecule has 1 amide bonds. The van der Waals surface area contributed by atoms with Crippen LogP contribution in [0.4, 0.5) is 5.00 Å². The van der Waals surface area contributed by atoms with Crippen molar-refractivity contribution in [3.63, 3.8) is 0 Å². The van der Waals surface area contributed by atoms with Gasteiger partial charge in [0.2, 0.25) is 5.91 Å². The van der Waals surface area contributed by atoms with Crippen molar-refractivity contribution in [2.75, 3.05) is 25.6 Å². The highest BCUT2D eigenvalue weighted by Crippen LogP contribution is 2.33. The third-order valence-corrected chi connectivity index (χ3v) is 3.77. The number of ether oxygens (including phenoxy) is 2. The maximum absolute atomic E-state index is 11.9. The molecule has 1 aromatic heterocycles. The quantitative estimate of drug-likeness (QED) is 0.816. The smallest absolute Gasteiger partial charge is 0.341 e. The summed E-state index contributed by atoms with van der Waals surface area (Å²) < 4.78 is 9.86. The molecule has 0 unspecified atom stereocenters. The highest BCUT2D eigenvalue weighted by Gasteiger charge is 2.21. The van der Waals surface area contributed by atoms with Gasteiger partial charge in [-0.15, -0.1) is 11.3 Å². The zero-order chi connectivity index (χ0) is 14.4. The summed E-state index contributed by atoms with van der Waals surface area (Å²) in [5.74, 6) is -0.569. The van der Waals surface area contributed by atoms with Crippen LogP contribution in [0.15, 0.2) is 0 Å². The molecule has 19 heavy (non-hydrogen) atoms. The fraction of sp³-hybridized carbons (Fsp3) is 0.538. The van der Waals surface area contributed by atoms with E-state index >= 15 is 0 Å². The Morgan fingerprint density at radius 2 is 2.00 bits per heavy atom. The van der Waals surface area contributed by atoms with E-state index in [-0.39, 0.29) is 12.3 Å². The monoisotopic (exact) mass is 285 g/mol. The van der Waals surface area contributed by atoms with Gasteiger partial charge >= 0.3 is 5.97 Å². The summed E-state index contributed by atoms with van der Waals surface area (Å²) in [4.78, 5) is 24.6. The number of carbonyl (C=O) groups is 2. The Balaban J connectivity index is 2.91. The van der Waals surface area contributed by atoms with Gasteiger partial charge in [0.25, 0.3) is 0 Å². The van der Waals surface area contributed by atoms with Gasteiger partial charge in [-0.25, -0.2) is 4.79 Å². The van der Waals surface area contributed by atoms with Gasteiger partial charge in [0.1, 0.15) is 5.00 Å². The van der Waals surface area contributed by atoms with Crippen molar-refractivity contribution in [1.29, 1.82) is 0 Å². The van der Waals surface area contributed by atoms with Gasteiger partial charge in [-0.2, -0.15) is 0 Å². The zero-order valence-electron chi connectivity index (χ0n) is 11.7. The lowest BCUT2D eigenvalue weighted by Gasteiger charge is -2.06. The maximum Gasteiger partial charge on any atom is 0.341 e. The molecule has 0 spiro atoms. The second-order valence-electron chi connectivity index (χ2n) is 4.00. The van der Waals surface area contributed by atoms with E-state index in [4.69, 9.17) is 9.47 Å². The third kappa shape index (κ3) is 4.04. The summed E-state index contributed by atoms with van der Waals surface area (Å²) in [5, 5.41) is 3.30. The lowest BCUT2D eigenvalue weighted by atomic mass is 10.1. The Hall–Kier alpha value is -1.40. The molecule has 0 fully saturated rings. The molecule has 0 bridgehead atoms. The first-order chi connectivity index (χ1) is 9.01. The first-order valence-electron chi connectivity index (χ1n) is 6.07. The van der Waals surface area contributed by atoms with Crippen LogP contribution in [0, 0.1) is 13.8 Å². The van der Waals surface area contributed by atoms with Crippen LogP contribution in [0.25, 0.3) is 0 Å². The normalized spacial score (nSPS) is 10.3. The summed E-state index contributed by atoms with van der Waals surface area (Å²) in [6.07, 6.45) is 0.259. The van der Waals surface area contributed by atoms with E-state index in [0.29, 0.717) is 23.8 Å². The molecule has 0 radical (unpaired) electrons. The summed E-state index contributed by atoms with van der Waals surface area (Å²) in [7, 11) is 1.54. The standard InChI is InChI=1S/C13H19NO4S/c1-5-18-13(16)11-8(2)9(3)19-12(11)14-10(15)6-7-17-4/h5-7H2,1-4H3,(H,14,15). The van der Waals surface area contributed by atoms with E-state index < -0.39 is 5.97 Å². The van der Waals surface area contributed by atoms with Crippen LogP contribution in [-0.2, 0) is 14.3 Å². The third-order valence-electron chi connectivity index (χ3n) is 2.65. The lowest BCUT2D eigenvalue weighted by Crippen LogP contribution is -2.16. The highest BCUT2D eigenvalue weighted by molar-refractivity contribution is 7.16. The molecular weight excluding hydrogens is 266 g/mol. The van der Waals surface area contributed by atoms with Gasteiger partial charge in [0, 0.05) is 12.0 Å². The Bertz CT molecular complexity index is 467. The minimum atomic E-state index is -0.397. The van der Waals surface area contributed by atoms with E-state index in [2.05, 4.69) is 5.32 Å². The van der Waals surface area contributed by atoms with Crippen molar-refractivity contribution >= 4 is 28.2 Å². The summed E-state index contributed by atoms with van der Waals surface area (Å²) >= 11 is 1.38. The molecule has 0 aliphatic heterocycles. The number of amides is 1.